The standard InChI is InChI=1S/C14H17BrN2S2/c1-10-2-3-11(18-10)14(12-4-5-13(15)19-12)17-8-6-16-7-9-17/h2-5,14,16H,6-9H2,1H3. The van der Waals surface area contributed by atoms with E-state index in [1.165, 1.54) is 18.4 Å². The van der Waals surface area contributed by atoms with E-state index < -0.39 is 0 Å². The molecule has 2 aromatic rings. The Hall–Kier alpha value is -0.200. The number of nitrogens with one attached hydrogen (secondary N) is 1. The van der Waals surface area contributed by atoms with Gasteiger partial charge in [0.2, 0.25) is 0 Å². The van der Waals surface area contributed by atoms with Crippen molar-refractivity contribution in [1.82, 2.24) is 10.2 Å². The van der Waals surface area contributed by atoms with Gasteiger partial charge in [-0.25, -0.2) is 0 Å². The molecule has 0 saturated carbocycles. The van der Waals surface area contributed by atoms with Crippen molar-refractivity contribution >= 4 is 38.6 Å². The number of aryl methyl sites for hydroxylation is 1. The third-order valence-corrected chi connectivity index (χ3v) is 6.14. The minimum absolute atomic E-state index is 0.428. The highest BCUT2D eigenvalue weighted by Crippen LogP contribution is 2.38. The Morgan fingerprint density at radius 2 is 1.79 bits per heavy atom. The molecule has 2 nitrogen and oxygen atoms in total. The molecule has 0 bridgehead atoms. The van der Waals surface area contributed by atoms with Crippen molar-refractivity contribution in [2.24, 2.45) is 0 Å². The van der Waals surface area contributed by atoms with Gasteiger partial charge in [-0.2, -0.15) is 0 Å². The molecule has 1 N–H and O–H groups in total. The number of rotatable bonds is 3. The fourth-order valence-electron chi connectivity index (χ4n) is 2.52. The lowest BCUT2D eigenvalue weighted by atomic mass is 10.1. The third kappa shape index (κ3) is 3.11. The lowest BCUT2D eigenvalue weighted by Gasteiger charge is -2.34. The van der Waals surface area contributed by atoms with Crippen molar-refractivity contribution in [3.05, 3.63) is 42.7 Å². The molecule has 1 aliphatic heterocycles. The quantitative estimate of drug-likeness (QED) is 0.897. The molecule has 1 saturated heterocycles. The number of hydrogen-bond acceptors (Lipinski definition) is 4. The summed E-state index contributed by atoms with van der Waals surface area (Å²) in [7, 11) is 0. The van der Waals surface area contributed by atoms with Gasteiger partial charge in [-0.3, -0.25) is 4.90 Å². The molecule has 2 aromatic heterocycles. The smallest absolute Gasteiger partial charge is 0.0791 e. The molecule has 3 rings (SSSR count). The summed E-state index contributed by atoms with van der Waals surface area (Å²) in [4.78, 5) is 6.90. The monoisotopic (exact) mass is 356 g/mol. The Balaban J connectivity index is 1.94. The molecule has 5 heteroatoms. The Labute approximate surface area is 130 Å². The van der Waals surface area contributed by atoms with Crippen molar-refractivity contribution < 1.29 is 0 Å². The molecule has 0 aromatic carbocycles. The SMILES string of the molecule is Cc1ccc(C(c2ccc(Br)s2)N2CCNCC2)s1. The molecular formula is C14H17BrN2S2. The van der Waals surface area contributed by atoms with Gasteiger partial charge in [-0.1, -0.05) is 0 Å². The van der Waals surface area contributed by atoms with Crippen molar-refractivity contribution in [2.75, 3.05) is 26.2 Å². The van der Waals surface area contributed by atoms with Gasteiger partial charge in [0.25, 0.3) is 0 Å². The van der Waals surface area contributed by atoms with Crippen molar-refractivity contribution in [2.45, 2.75) is 13.0 Å². The molecule has 1 unspecified atom stereocenters. The van der Waals surface area contributed by atoms with Crippen LogP contribution in [0.3, 0.4) is 0 Å². The van der Waals surface area contributed by atoms with Crippen LogP contribution in [0.5, 0.6) is 0 Å². The van der Waals surface area contributed by atoms with E-state index in [-0.39, 0.29) is 0 Å². The van der Waals surface area contributed by atoms with Crippen LogP contribution in [0, 0.1) is 6.92 Å². The maximum absolute atomic E-state index is 3.59. The van der Waals surface area contributed by atoms with Gasteiger partial charge in [0.15, 0.2) is 0 Å². The number of piperazine rings is 1. The lowest BCUT2D eigenvalue weighted by molar-refractivity contribution is 0.203. The van der Waals surface area contributed by atoms with E-state index in [2.05, 4.69) is 57.3 Å². The minimum Gasteiger partial charge on any atom is -0.314 e. The molecule has 0 spiro atoms. The van der Waals surface area contributed by atoms with E-state index in [1.54, 1.807) is 0 Å². The van der Waals surface area contributed by atoms with Gasteiger partial charge in [0, 0.05) is 40.8 Å². The van der Waals surface area contributed by atoms with Crippen molar-refractivity contribution in [3.8, 4) is 0 Å². The highest BCUT2D eigenvalue weighted by atomic mass is 79.9. The summed E-state index contributed by atoms with van der Waals surface area (Å²) < 4.78 is 1.22. The molecule has 1 aliphatic rings. The fraction of sp³-hybridized carbons (Fsp3) is 0.429. The maximum atomic E-state index is 3.59. The fourth-order valence-corrected chi connectivity index (χ4v) is 5.20. The summed E-state index contributed by atoms with van der Waals surface area (Å²) in [6.07, 6.45) is 0. The van der Waals surface area contributed by atoms with E-state index in [0.717, 1.165) is 26.2 Å². The molecule has 0 aliphatic carbocycles. The first-order valence-electron chi connectivity index (χ1n) is 6.50. The van der Waals surface area contributed by atoms with Gasteiger partial charge in [0.05, 0.1) is 9.83 Å². The first-order valence-corrected chi connectivity index (χ1v) is 8.93. The Morgan fingerprint density at radius 3 is 2.37 bits per heavy atom. The summed E-state index contributed by atoms with van der Waals surface area (Å²) >= 11 is 7.37. The van der Waals surface area contributed by atoms with Crippen LogP contribution in [0.25, 0.3) is 0 Å². The van der Waals surface area contributed by atoms with Crippen LogP contribution in [-0.2, 0) is 0 Å². The average molecular weight is 357 g/mol. The Kier molecular flexibility index (Phi) is 4.39. The van der Waals surface area contributed by atoms with E-state index in [1.807, 2.05) is 22.7 Å². The second kappa shape index (κ2) is 6.06. The van der Waals surface area contributed by atoms with Crippen LogP contribution >= 0.6 is 38.6 Å². The van der Waals surface area contributed by atoms with Crippen molar-refractivity contribution in [3.63, 3.8) is 0 Å². The largest absolute Gasteiger partial charge is 0.314 e. The maximum Gasteiger partial charge on any atom is 0.0791 e. The minimum atomic E-state index is 0.428. The molecular weight excluding hydrogens is 340 g/mol. The van der Waals surface area contributed by atoms with Crippen LogP contribution in [0.4, 0.5) is 0 Å². The summed E-state index contributed by atoms with van der Waals surface area (Å²) in [5.41, 5.74) is 0. The van der Waals surface area contributed by atoms with Crippen LogP contribution in [0.15, 0.2) is 28.1 Å². The molecule has 0 amide bonds. The highest BCUT2D eigenvalue weighted by molar-refractivity contribution is 9.11. The molecule has 0 radical (unpaired) electrons. The number of halogens is 1. The zero-order valence-electron chi connectivity index (χ0n) is 10.9. The second-order valence-corrected chi connectivity index (χ2v) is 8.59. The molecule has 3 heterocycles. The number of nitrogens with zero attached hydrogens (tertiary/aromatic N) is 1. The molecule has 1 atom stereocenters. The zero-order valence-corrected chi connectivity index (χ0v) is 14.1. The summed E-state index contributed by atoms with van der Waals surface area (Å²) in [6, 6.07) is 9.38. The molecule has 1 fully saturated rings. The van der Waals surface area contributed by atoms with Gasteiger partial charge >= 0.3 is 0 Å². The van der Waals surface area contributed by atoms with Gasteiger partial charge in [0.1, 0.15) is 0 Å². The first kappa shape index (κ1) is 13.8. The normalized spacial score (nSPS) is 18.6. The van der Waals surface area contributed by atoms with Crippen LogP contribution in [0.2, 0.25) is 0 Å². The zero-order chi connectivity index (χ0) is 13.2. The van der Waals surface area contributed by atoms with E-state index in [4.69, 9.17) is 0 Å². The van der Waals surface area contributed by atoms with Crippen molar-refractivity contribution in [1.29, 1.82) is 0 Å². The highest BCUT2D eigenvalue weighted by Gasteiger charge is 2.26. The number of hydrogen-bond donors (Lipinski definition) is 1. The van der Waals surface area contributed by atoms with Crippen LogP contribution < -0.4 is 5.32 Å². The number of thiophene rings is 2. The summed E-state index contributed by atoms with van der Waals surface area (Å²) in [6.45, 7) is 6.61. The topological polar surface area (TPSA) is 15.3 Å². The predicted molar refractivity (Wildman–Crippen MR) is 87.4 cm³/mol. The Bertz CT molecular complexity index is 503. The van der Waals surface area contributed by atoms with Gasteiger partial charge < -0.3 is 5.32 Å². The van der Waals surface area contributed by atoms with E-state index in [9.17, 15) is 0 Å². The van der Waals surface area contributed by atoms with Crippen LogP contribution in [0.1, 0.15) is 20.7 Å². The first-order chi connectivity index (χ1) is 9.24. The molecule has 102 valence electrons. The van der Waals surface area contributed by atoms with E-state index >= 15 is 0 Å². The Morgan fingerprint density at radius 1 is 1.11 bits per heavy atom. The van der Waals surface area contributed by atoms with Gasteiger partial charge in [-0.05, 0) is 47.1 Å². The molecule has 19 heavy (non-hydrogen) atoms. The van der Waals surface area contributed by atoms with Gasteiger partial charge in [-0.15, -0.1) is 22.7 Å². The van der Waals surface area contributed by atoms with E-state index in [0.29, 0.717) is 6.04 Å². The lowest BCUT2D eigenvalue weighted by Crippen LogP contribution is -2.45. The second-order valence-electron chi connectivity index (χ2n) is 4.78. The summed E-state index contributed by atoms with van der Waals surface area (Å²) in [5, 5.41) is 3.44. The summed E-state index contributed by atoms with van der Waals surface area (Å²) in [5.74, 6) is 0. The average Bonchev–Trinajstić information content (AvgIpc) is 3.01. The third-order valence-electron chi connectivity index (χ3n) is 3.41. The van der Waals surface area contributed by atoms with Crippen LogP contribution in [-0.4, -0.2) is 31.1 Å². The predicted octanol–water partition coefficient (Wildman–Crippen LogP) is 3.88.